The summed E-state index contributed by atoms with van der Waals surface area (Å²) in [6, 6.07) is 15.2. The van der Waals surface area contributed by atoms with Gasteiger partial charge in [0.05, 0.1) is 13.0 Å². The number of carbonyl (C=O) groups is 2. The highest BCUT2D eigenvalue weighted by molar-refractivity contribution is 5.83. The molecule has 6 heteroatoms. The third kappa shape index (κ3) is 4.22. The molecule has 2 aromatic rings. The molecule has 0 saturated carbocycles. The molecule has 3 atom stereocenters. The minimum Gasteiger partial charge on any atom is -0.468 e. The summed E-state index contributed by atoms with van der Waals surface area (Å²) in [6.45, 7) is 0.482. The molecular weight excluding hydrogens is 359 g/mol. The molecule has 0 aliphatic carbocycles. The zero-order valence-corrected chi connectivity index (χ0v) is 16.1. The van der Waals surface area contributed by atoms with Gasteiger partial charge in [-0.1, -0.05) is 48.5 Å². The van der Waals surface area contributed by atoms with Gasteiger partial charge in [-0.05, 0) is 31.5 Å². The van der Waals surface area contributed by atoms with E-state index in [1.165, 1.54) is 13.2 Å². The van der Waals surface area contributed by atoms with Crippen LogP contribution in [0.15, 0.2) is 54.6 Å². The number of likely N-dealkylation sites (N-methyl/N-ethyl adjacent to an activating group) is 1. The quantitative estimate of drug-likeness (QED) is 0.778. The summed E-state index contributed by atoms with van der Waals surface area (Å²) in [6.07, 6.45) is 0.999. The summed E-state index contributed by atoms with van der Waals surface area (Å²) >= 11 is 0. The fourth-order valence-electron chi connectivity index (χ4n) is 3.92. The Balaban J connectivity index is 1.76. The highest BCUT2D eigenvalue weighted by atomic mass is 19.1. The maximum Gasteiger partial charge on any atom is 0.323 e. The Morgan fingerprint density at radius 2 is 1.82 bits per heavy atom. The smallest absolute Gasteiger partial charge is 0.323 e. The second-order valence-corrected chi connectivity index (χ2v) is 7.04. The van der Waals surface area contributed by atoms with Crippen LogP contribution in [0.5, 0.6) is 0 Å². The Kier molecular flexibility index (Phi) is 6.41. The molecule has 1 N–H and O–H groups in total. The summed E-state index contributed by atoms with van der Waals surface area (Å²) in [5.41, 5.74) is 1.55. The van der Waals surface area contributed by atoms with E-state index in [9.17, 15) is 14.0 Å². The van der Waals surface area contributed by atoms with Gasteiger partial charge in [-0.2, -0.15) is 0 Å². The van der Waals surface area contributed by atoms with Crippen molar-refractivity contribution < 1.29 is 18.7 Å². The first-order valence-electron chi connectivity index (χ1n) is 9.38. The topological polar surface area (TPSA) is 58.6 Å². The number of esters is 1. The normalized spacial score (nSPS) is 22.0. The molecule has 3 rings (SSSR count). The molecule has 28 heavy (non-hydrogen) atoms. The largest absolute Gasteiger partial charge is 0.468 e. The van der Waals surface area contributed by atoms with Crippen molar-refractivity contribution in [2.45, 2.75) is 24.9 Å². The fraction of sp³-hybridized carbons (Fsp3) is 0.364. The van der Waals surface area contributed by atoms with Crippen LogP contribution in [0.2, 0.25) is 0 Å². The van der Waals surface area contributed by atoms with Crippen molar-refractivity contribution in [3.05, 3.63) is 71.5 Å². The predicted octanol–water partition coefficient (Wildman–Crippen LogP) is 2.72. The molecule has 1 heterocycles. The molecule has 1 amide bonds. The Hall–Kier alpha value is -2.73. The number of nitrogens with zero attached hydrogens (tertiary/aromatic N) is 1. The van der Waals surface area contributed by atoms with Gasteiger partial charge >= 0.3 is 5.97 Å². The minimum atomic E-state index is -0.584. The van der Waals surface area contributed by atoms with Crippen molar-refractivity contribution in [1.29, 1.82) is 0 Å². The molecule has 148 valence electrons. The molecular formula is C22H25FN2O3. The van der Waals surface area contributed by atoms with Crippen LogP contribution >= 0.6 is 0 Å². The Labute approximate surface area is 164 Å². The molecule has 0 radical (unpaired) electrons. The first-order chi connectivity index (χ1) is 13.5. The van der Waals surface area contributed by atoms with Gasteiger partial charge in [-0.25, -0.2) is 4.39 Å². The number of carbonyl (C=O) groups excluding carboxylic acids is 2. The lowest BCUT2D eigenvalue weighted by Crippen LogP contribution is -2.37. The van der Waals surface area contributed by atoms with E-state index in [1.807, 2.05) is 30.3 Å². The number of halogens is 1. The molecule has 1 aliphatic rings. The van der Waals surface area contributed by atoms with Gasteiger partial charge in [0, 0.05) is 18.2 Å². The molecule has 5 nitrogen and oxygen atoms in total. The van der Waals surface area contributed by atoms with E-state index in [1.54, 1.807) is 30.1 Å². The highest BCUT2D eigenvalue weighted by Gasteiger charge is 2.47. The van der Waals surface area contributed by atoms with Crippen LogP contribution in [0, 0.1) is 11.7 Å². The van der Waals surface area contributed by atoms with Crippen molar-refractivity contribution in [3.63, 3.8) is 0 Å². The van der Waals surface area contributed by atoms with Gasteiger partial charge in [0.25, 0.3) is 0 Å². The average Bonchev–Trinajstić information content (AvgIpc) is 3.05. The lowest BCUT2D eigenvalue weighted by atomic mass is 9.92. The third-order valence-corrected chi connectivity index (χ3v) is 5.38. The Morgan fingerprint density at radius 3 is 2.50 bits per heavy atom. The van der Waals surface area contributed by atoms with E-state index in [0.29, 0.717) is 24.9 Å². The fourth-order valence-corrected chi connectivity index (χ4v) is 3.92. The summed E-state index contributed by atoms with van der Waals surface area (Å²) in [7, 11) is 3.05. The van der Waals surface area contributed by atoms with Crippen LogP contribution in [-0.2, 0) is 20.7 Å². The molecule has 2 aromatic carbocycles. The van der Waals surface area contributed by atoms with E-state index in [0.717, 1.165) is 5.56 Å². The van der Waals surface area contributed by atoms with Crippen LogP contribution in [-0.4, -0.2) is 43.5 Å². The van der Waals surface area contributed by atoms with Crippen LogP contribution in [0.4, 0.5) is 4.39 Å². The minimum absolute atomic E-state index is 0.178. The molecule has 0 bridgehead atoms. The first kappa shape index (κ1) is 20.0. The number of hydrogen-bond donors (Lipinski definition) is 1. The van der Waals surface area contributed by atoms with Gasteiger partial charge < -0.3 is 10.1 Å². The number of amides is 1. The molecule has 0 aromatic heterocycles. The SMILES string of the molecule is COC(=O)[C@@H]1C[C@H](C(=O)NCCc2ccccc2)[C@H](c2ccccc2F)N1C. The van der Waals surface area contributed by atoms with Crippen molar-refractivity contribution in [2.24, 2.45) is 5.92 Å². The van der Waals surface area contributed by atoms with Crippen molar-refractivity contribution in [2.75, 3.05) is 20.7 Å². The van der Waals surface area contributed by atoms with E-state index in [-0.39, 0.29) is 11.7 Å². The van der Waals surface area contributed by atoms with Crippen LogP contribution in [0.1, 0.15) is 23.6 Å². The van der Waals surface area contributed by atoms with Crippen LogP contribution < -0.4 is 5.32 Å². The van der Waals surface area contributed by atoms with Gasteiger partial charge in [0.15, 0.2) is 0 Å². The van der Waals surface area contributed by atoms with E-state index in [4.69, 9.17) is 4.74 Å². The number of benzene rings is 2. The number of methoxy groups -OCH3 is 1. The van der Waals surface area contributed by atoms with E-state index >= 15 is 0 Å². The number of likely N-dealkylation sites (tertiary alicyclic amines) is 1. The molecule has 0 spiro atoms. The molecule has 1 aliphatic heterocycles. The summed E-state index contributed by atoms with van der Waals surface area (Å²) < 4.78 is 19.3. The van der Waals surface area contributed by atoms with Crippen LogP contribution in [0.3, 0.4) is 0 Å². The molecule has 1 saturated heterocycles. The van der Waals surface area contributed by atoms with Crippen molar-refractivity contribution in [1.82, 2.24) is 10.2 Å². The second kappa shape index (κ2) is 8.97. The first-order valence-corrected chi connectivity index (χ1v) is 9.38. The zero-order valence-electron chi connectivity index (χ0n) is 16.1. The van der Waals surface area contributed by atoms with Gasteiger partial charge in [0.1, 0.15) is 11.9 Å². The van der Waals surface area contributed by atoms with Gasteiger partial charge in [-0.3, -0.25) is 14.5 Å². The zero-order chi connectivity index (χ0) is 20.1. The maximum atomic E-state index is 14.5. The Morgan fingerprint density at radius 1 is 1.14 bits per heavy atom. The van der Waals surface area contributed by atoms with Gasteiger partial charge in [-0.15, -0.1) is 0 Å². The van der Waals surface area contributed by atoms with Gasteiger partial charge in [0.2, 0.25) is 5.91 Å². The van der Waals surface area contributed by atoms with Crippen LogP contribution in [0.25, 0.3) is 0 Å². The third-order valence-electron chi connectivity index (χ3n) is 5.38. The lowest BCUT2D eigenvalue weighted by molar-refractivity contribution is -0.145. The number of nitrogens with one attached hydrogen (secondary N) is 1. The second-order valence-electron chi connectivity index (χ2n) is 7.04. The predicted molar refractivity (Wildman–Crippen MR) is 104 cm³/mol. The summed E-state index contributed by atoms with van der Waals surface area (Å²) in [4.78, 5) is 26.8. The number of ether oxygens (including phenoxy) is 1. The summed E-state index contributed by atoms with van der Waals surface area (Å²) in [5.74, 6) is -1.51. The standard InChI is InChI=1S/C22H25FN2O3/c1-25-19(22(27)28-2)14-17(20(25)16-10-6-7-11-18(16)23)21(26)24-13-12-15-8-4-3-5-9-15/h3-11,17,19-20H,12-14H2,1-2H3,(H,24,26)/t17-,19-,20-/m0/s1. The number of hydrogen-bond acceptors (Lipinski definition) is 4. The Bertz CT molecular complexity index is 828. The number of rotatable bonds is 6. The van der Waals surface area contributed by atoms with E-state index in [2.05, 4.69) is 5.32 Å². The lowest BCUT2D eigenvalue weighted by Gasteiger charge is -2.27. The average molecular weight is 384 g/mol. The van der Waals surface area contributed by atoms with Crippen molar-refractivity contribution >= 4 is 11.9 Å². The molecule has 1 fully saturated rings. The highest BCUT2D eigenvalue weighted by Crippen LogP contribution is 2.41. The monoisotopic (exact) mass is 384 g/mol. The van der Waals surface area contributed by atoms with Crippen molar-refractivity contribution in [3.8, 4) is 0 Å². The maximum absolute atomic E-state index is 14.5. The van der Waals surface area contributed by atoms with E-state index < -0.39 is 24.0 Å². The molecule has 0 unspecified atom stereocenters. The summed E-state index contributed by atoms with van der Waals surface area (Å²) in [5, 5.41) is 2.95.